The van der Waals surface area contributed by atoms with E-state index in [9.17, 15) is 8.42 Å². The Hall–Kier alpha value is -1.28. The van der Waals surface area contributed by atoms with E-state index in [2.05, 4.69) is 15.1 Å². The molecule has 0 fully saturated rings. The minimum atomic E-state index is -3.29. The highest BCUT2D eigenvalue weighted by molar-refractivity contribution is 7.98. The smallest absolute Gasteiger partial charge is 0.225 e. The number of rotatable bonds is 10. The molecule has 0 aromatic carbocycles. The number of nitrogens with one attached hydrogen (secondary N) is 1. The lowest BCUT2D eigenvalue weighted by atomic mass is 10.1. The standard InChI is InChI=1S/C15H23N3O3S2/c1-12-10-13(21-18-12)8-6-4-3-5-7-9-23(19,20)15-16-11-14(17-15)22-2/h10-11H,3-9H2,1-2H3,(H,16,17). The summed E-state index contributed by atoms with van der Waals surface area (Å²) in [5.74, 6) is 1.07. The maximum atomic E-state index is 12.1. The molecule has 2 heterocycles. The molecule has 0 saturated carbocycles. The first-order valence-corrected chi connectivity index (χ1v) is 10.6. The van der Waals surface area contributed by atoms with Gasteiger partial charge in [-0.25, -0.2) is 13.4 Å². The van der Waals surface area contributed by atoms with E-state index in [4.69, 9.17) is 4.52 Å². The summed E-state index contributed by atoms with van der Waals surface area (Å²) in [6.07, 6.45) is 9.03. The van der Waals surface area contributed by atoms with Crippen molar-refractivity contribution in [2.75, 3.05) is 12.0 Å². The van der Waals surface area contributed by atoms with Gasteiger partial charge >= 0.3 is 0 Å². The van der Waals surface area contributed by atoms with Gasteiger partial charge in [-0.1, -0.05) is 24.4 Å². The van der Waals surface area contributed by atoms with Gasteiger partial charge in [0.05, 0.1) is 22.7 Å². The van der Waals surface area contributed by atoms with Crippen molar-refractivity contribution in [1.82, 2.24) is 15.1 Å². The molecule has 0 atom stereocenters. The van der Waals surface area contributed by atoms with Crippen LogP contribution in [0.2, 0.25) is 0 Å². The predicted octanol–water partition coefficient (Wildman–Crippen LogP) is 3.39. The molecule has 0 amide bonds. The Morgan fingerprint density at radius 1 is 1.22 bits per heavy atom. The van der Waals surface area contributed by atoms with Crippen LogP contribution in [0.3, 0.4) is 0 Å². The number of aromatic nitrogens is 3. The summed E-state index contributed by atoms with van der Waals surface area (Å²) in [4.78, 5) is 6.77. The topological polar surface area (TPSA) is 88.8 Å². The van der Waals surface area contributed by atoms with Gasteiger partial charge in [-0.3, -0.25) is 0 Å². The van der Waals surface area contributed by atoms with Gasteiger partial charge in [-0.05, 0) is 26.0 Å². The molecule has 0 saturated heterocycles. The van der Waals surface area contributed by atoms with Gasteiger partial charge in [0.25, 0.3) is 0 Å². The average molecular weight is 358 g/mol. The average Bonchev–Trinajstić information content (AvgIpc) is 3.15. The van der Waals surface area contributed by atoms with Crippen molar-refractivity contribution in [3.8, 4) is 0 Å². The van der Waals surface area contributed by atoms with Gasteiger partial charge in [0.15, 0.2) is 0 Å². The van der Waals surface area contributed by atoms with E-state index in [-0.39, 0.29) is 10.9 Å². The number of H-pyrrole nitrogens is 1. The van der Waals surface area contributed by atoms with E-state index in [0.29, 0.717) is 6.42 Å². The van der Waals surface area contributed by atoms with Gasteiger partial charge < -0.3 is 9.51 Å². The Bertz CT molecular complexity index is 707. The van der Waals surface area contributed by atoms with Crippen molar-refractivity contribution in [3.63, 3.8) is 0 Å². The summed E-state index contributed by atoms with van der Waals surface area (Å²) in [5.41, 5.74) is 0.910. The van der Waals surface area contributed by atoms with Crippen LogP contribution in [-0.4, -0.2) is 35.6 Å². The first kappa shape index (κ1) is 18.1. The maximum absolute atomic E-state index is 12.1. The van der Waals surface area contributed by atoms with Crippen LogP contribution in [0.5, 0.6) is 0 Å². The first-order chi connectivity index (χ1) is 11.0. The molecule has 2 aromatic heterocycles. The van der Waals surface area contributed by atoms with E-state index in [1.165, 1.54) is 11.8 Å². The van der Waals surface area contributed by atoms with Crippen LogP contribution in [0.4, 0.5) is 0 Å². The minimum absolute atomic E-state index is 0.0857. The van der Waals surface area contributed by atoms with E-state index < -0.39 is 9.84 Å². The van der Waals surface area contributed by atoms with Gasteiger partial charge in [0, 0.05) is 12.5 Å². The Labute approximate surface area is 141 Å². The van der Waals surface area contributed by atoms with Crippen LogP contribution in [0.1, 0.15) is 43.6 Å². The largest absolute Gasteiger partial charge is 0.361 e. The Kier molecular flexibility index (Phi) is 6.71. The zero-order chi connectivity index (χ0) is 16.7. The molecule has 0 aliphatic heterocycles. The number of unbranched alkanes of at least 4 members (excludes halogenated alkanes) is 4. The highest BCUT2D eigenvalue weighted by Crippen LogP contribution is 2.16. The fourth-order valence-corrected chi connectivity index (χ4v) is 3.98. The predicted molar refractivity (Wildman–Crippen MR) is 90.5 cm³/mol. The summed E-state index contributed by atoms with van der Waals surface area (Å²) in [6.45, 7) is 1.91. The summed E-state index contributed by atoms with van der Waals surface area (Å²) < 4.78 is 29.4. The quantitative estimate of drug-likeness (QED) is 0.518. The molecular formula is C15H23N3O3S2. The Balaban J connectivity index is 1.61. The second-order valence-electron chi connectivity index (χ2n) is 5.53. The van der Waals surface area contributed by atoms with Gasteiger partial charge in [0.1, 0.15) is 5.76 Å². The van der Waals surface area contributed by atoms with E-state index in [1.54, 1.807) is 6.20 Å². The molecule has 0 spiro atoms. The summed E-state index contributed by atoms with van der Waals surface area (Å²) in [5, 5.41) is 4.71. The molecule has 0 unspecified atom stereocenters. The van der Waals surface area contributed by atoms with Crippen molar-refractivity contribution in [1.29, 1.82) is 0 Å². The van der Waals surface area contributed by atoms with Crippen molar-refractivity contribution >= 4 is 21.6 Å². The van der Waals surface area contributed by atoms with Crippen molar-refractivity contribution < 1.29 is 12.9 Å². The van der Waals surface area contributed by atoms with Crippen LogP contribution in [0, 0.1) is 6.92 Å². The number of sulfone groups is 1. The lowest BCUT2D eigenvalue weighted by molar-refractivity contribution is 0.375. The molecule has 8 heteroatoms. The second-order valence-corrected chi connectivity index (χ2v) is 8.40. The Morgan fingerprint density at radius 3 is 2.61 bits per heavy atom. The number of thioether (sulfide) groups is 1. The molecule has 6 nitrogen and oxygen atoms in total. The zero-order valence-electron chi connectivity index (χ0n) is 13.5. The molecule has 1 N–H and O–H groups in total. The molecule has 0 aliphatic carbocycles. The molecule has 0 aliphatic rings. The number of aryl methyl sites for hydroxylation is 2. The molecule has 0 bridgehead atoms. The number of hydrogen-bond acceptors (Lipinski definition) is 6. The fraction of sp³-hybridized carbons (Fsp3) is 0.600. The summed E-state index contributed by atoms with van der Waals surface area (Å²) in [7, 11) is -3.29. The van der Waals surface area contributed by atoms with Crippen molar-refractivity contribution in [3.05, 3.63) is 23.7 Å². The van der Waals surface area contributed by atoms with Crippen LogP contribution in [0.25, 0.3) is 0 Å². The minimum Gasteiger partial charge on any atom is -0.361 e. The van der Waals surface area contributed by atoms with Crippen LogP contribution < -0.4 is 0 Å². The van der Waals surface area contributed by atoms with E-state index >= 15 is 0 Å². The van der Waals surface area contributed by atoms with E-state index in [0.717, 1.165) is 48.6 Å². The van der Waals surface area contributed by atoms with Gasteiger partial charge in [-0.2, -0.15) is 0 Å². The highest BCUT2D eigenvalue weighted by atomic mass is 32.2. The second kappa shape index (κ2) is 8.54. The number of hydrogen-bond donors (Lipinski definition) is 1. The number of nitrogens with zero attached hydrogens (tertiary/aromatic N) is 2. The number of aromatic amines is 1. The summed E-state index contributed by atoms with van der Waals surface area (Å²) >= 11 is 1.45. The summed E-state index contributed by atoms with van der Waals surface area (Å²) in [6, 6.07) is 1.96. The third-order valence-electron chi connectivity index (χ3n) is 3.56. The molecule has 2 aromatic rings. The third kappa shape index (κ3) is 5.69. The highest BCUT2D eigenvalue weighted by Gasteiger charge is 2.17. The first-order valence-electron chi connectivity index (χ1n) is 7.75. The fourth-order valence-electron chi connectivity index (χ4n) is 2.30. The SMILES string of the molecule is CSc1cnc(S(=O)(=O)CCCCCCCc2cc(C)no2)[nH]1. The molecule has 23 heavy (non-hydrogen) atoms. The monoisotopic (exact) mass is 357 g/mol. The molecular weight excluding hydrogens is 334 g/mol. The number of imidazole rings is 1. The lowest BCUT2D eigenvalue weighted by Gasteiger charge is -2.02. The van der Waals surface area contributed by atoms with E-state index in [1.807, 2.05) is 19.2 Å². The van der Waals surface area contributed by atoms with Crippen LogP contribution in [0.15, 0.2) is 27.0 Å². The molecule has 2 rings (SSSR count). The molecule has 128 valence electrons. The van der Waals surface area contributed by atoms with Crippen molar-refractivity contribution in [2.24, 2.45) is 0 Å². The molecule has 0 radical (unpaired) electrons. The van der Waals surface area contributed by atoms with Gasteiger partial charge in [0.2, 0.25) is 15.0 Å². The van der Waals surface area contributed by atoms with Crippen LogP contribution >= 0.6 is 11.8 Å². The van der Waals surface area contributed by atoms with Gasteiger partial charge in [-0.15, -0.1) is 11.8 Å². The van der Waals surface area contributed by atoms with Crippen molar-refractivity contribution in [2.45, 2.75) is 55.6 Å². The lowest BCUT2D eigenvalue weighted by Crippen LogP contribution is -2.08. The Morgan fingerprint density at radius 2 is 1.96 bits per heavy atom. The maximum Gasteiger partial charge on any atom is 0.225 e. The zero-order valence-corrected chi connectivity index (χ0v) is 15.2. The normalized spacial score (nSPS) is 11.9. The third-order valence-corrected chi connectivity index (χ3v) is 5.83. The van der Waals surface area contributed by atoms with Crippen LogP contribution in [-0.2, 0) is 16.3 Å².